The Balaban J connectivity index is 1.77. The highest BCUT2D eigenvalue weighted by molar-refractivity contribution is 5.79. The van der Waals surface area contributed by atoms with Gasteiger partial charge in [0.05, 0.1) is 13.2 Å². The van der Waals surface area contributed by atoms with E-state index in [4.69, 9.17) is 14.5 Å². The lowest BCUT2D eigenvalue weighted by atomic mass is 9.74. The molecule has 6 heteroatoms. The minimum Gasteiger partial charge on any atom is -0.381 e. The molecule has 3 rings (SSSR count). The van der Waals surface area contributed by atoms with Crippen molar-refractivity contribution in [1.29, 1.82) is 0 Å². The summed E-state index contributed by atoms with van der Waals surface area (Å²) >= 11 is 0. The van der Waals surface area contributed by atoms with Crippen LogP contribution in [0.3, 0.4) is 0 Å². The summed E-state index contributed by atoms with van der Waals surface area (Å²) in [5.74, 6) is 1.28. The first-order chi connectivity index (χ1) is 13.1. The first-order valence-corrected chi connectivity index (χ1v) is 10.0. The number of ether oxygens (including phenoxy) is 2. The van der Waals surface area contributed by atoms with Crippen LogP contribution in [0.5, 0.6) is 0 Å². The number of benzene rings is 1. The second-order valence-corrected chi connectivity index (χ2v) is 7.68. The Morgan fingerprint density at radius 1 is 1.30 bits per heavy atom. The third-order valence-corrected chi connectivity index (χ3v) is 5.67. The molecule has 0 aliphatic carbocycles. The van der Waals surface area contributed by atoms with E-state index in [1.165, 1.54) is 6.07 Å². The van der Waals surface area contributed by atoms with Crippen LogP contribution in [-0.4, -0.2) is 64.0 Å². The van der Waals surface area contributed by atoms with E-state index in [0.717, 1.165) is 57.1 Å². The molecular formula is C21H32FN3O2. The standard InChI is InChI=1S/C21H32FN3O2/c1-3-23-20(25(2)14-17-7-10-27-15-17)24-16-21(8-11-26-12-9-21)18-5-4-6-19(22)13-18/h4-6,13,17H,3,7-12,14-16H2,1-2H3,(H,23,24). The molecule has 27 heavy (non-hydrogen) atoms. The van der Waals surface area contributed by atoms with E-state index in [1.54, 1.807) is 12.1 Å². The van der Waals surface area contributed by atoms with E-state index < -0.39 is 0 Å². The molecule has 2 heterocycles. The van der Waals surface area contributed by atoms with Gasteiger partial charge in [-0.2, -0.15) is 0 Å². The SMILES string of the molecule is CCNC(=NCC1(c2cccc(F)c2)CCOCC1)N(C)CC1CCOC1. The maximum Gasteiger partial charge on any atom is 0.193 e. The van der Waals surface area contributed by atoms with Gasteiger partial charge < -0.3 is 19.7 Å². The molecule has 0 spiro atoms. The number of nitrogens with zero attached hydrogens (tertiary/aromatic N) is 2. The Morgan fingerprint density at radius 2 is 2.11 bits per heavy atom. The molecule has 0 saturated carbocycles. The molecule has 1 unspecified atom stereocenters. The summed E-state index contributed by atoms with van der Waals surface area (Å²) in [6, 6.07) is 6.98. The molecule has 2 aliphatic rings. The van der Waals surface area contributed by atoms with E-state index in [0.29, 0.717) is 25.7 Å². The van der Waals surface area contributed by atoms with Gasteiger partial charge in [-0.05, 0) is 43.9 Å². The number of rotatable bonds is 6. The van der Waals surface area contributed by atoms with Gasteiger partial charge in [0, 0.05) is 51.3 Å². The normalized spacial score (nSPS) is 22.6. The molecule has 150 valence electrons. The second-order valence-electron chi connectivity index (χ2n) is 7.68. The number of hydrogen-bond acceptors (Lipinski definition) is 3. The van der Waals surface area contributed by atoms with Gasteiger partial charge in [-0.15, -0.1) is 0 Å². The Labute approximate surface area is 161 Å². The third-order valence-electron chi connectivity index (χ3n) is 5.67. The number of halogens is 1. The smallest absolute Gasteiger partial charge is 0.193 e. The molecule has 0 bridgehead atoms. The van der Waals surface area contributed by atoms with E-state index in [1.807, 2.05) is 6.07 Å². The first-order valence-electron chi connectivity index (χ1n) is 10.0. The first kappa shape index (κ1) is 20.1. The van der Waals surface area contributed by atoms with Crippen LogP contribution in [0.25, 0.3) is 0 Å². The lowest BCUT2D eigenvalue weighted by Crippen LogP contribution is -2.43. The summed E-state index contributed by atoms with van der Waals surface area (Å²) in [6.07, 6.45) is 2.83. The molecule has 1 N–H and O–H groups in total. The summed E-state index contributed by atoms with van der Waals surface area (Å²) < 4.78 is 25.0. The molecule has 0 amide bonds. The van der Waals surface area contributed by atoms with Gasteiger partial charge in [-0.25, -0.2) is 4.39 Å². The summed E-state index contributed by atoms with van der Waals surface area (Å²) in [6.45, 7) is 7.54. The fourth-order valence-electron chi connectivity index (χ4n) is 4.02. The topological polar surface area (TPSA) is 46.1 Å². The number of hydrogen-bond donors (Lipinski definition) is 1. The summed E-state index contributed by atoms with van der Waals surface area (Å²) in [7, 11) is 2.08. The zero-order chi connectivity index (χ0) is 19.1. The summed E-state index contributed by atoms with van der Waals surface area (Å²) in [4.78, 5) is 7.17. The second kappa shape index (κ2) is 9.51. The van der Waals surface area contributed by atoms with Crippen molar-refractivity contribution >= 4 is 5.96 Å². The van der Waals surface area contributed by atoms with Gasteiger partial charge in [-0.3, -0.25) is 4.99 Å². The minimum absolute atomic E-state index is 0.168. The van der Waals surface area contributed by atoms with Gasteiger partial charge in [-0.1, -0.05) is 12.1 Å². The zero-order valence-corrected chi connectivity index (χ0v) is 16.5. The highest BCUT2D eigenvalue weighted by atomic mass is 19.1. The summed E-state index contributed by atoms with van der Waals surface area (Å²) in [5.41, 5.74) is 0.857. The average Bonchev–Trinajstić information content (AvgIpc) is 3.19. The summed E-state index contributed by atoms with van der Waals surface area (Å²) in [5, 5.41) is 3.41. The minimum atomic E-state index is -0.187. The quantitative estimate of drug-likeness (QED) is 0.612. The van der Waals surface area contributed by atoms with Crippen LogP contribution in [0, 0.1) is 11.7 Å². The van der Waals surface area contributed by atoms with Gasteiger partial charge >= 0.3 is 0 Å². The van der Waals surface area contributed by atoms with Crippen LogP contribution in [0.1, 0.15) is 31.7 Å². The molecule has 1 aromatic carbocycles. The molecule has 2 aliphatic heterocycles. The maximum atomic E-state index is 13.9. The van der Waals surface area contributed by atoms with Crippen LogP contribution in [0.15, 0.2) is 29.3 Å². The Morgan fingerprint density at radius 3 is 2.78 bits per heavy atom. The highest BCUT2D eigenvalue weighted by Crippen LogP contribution is 2.35. The van der Waals surface area contributed by atoms with Crippen LogP contribution >= 0.6 is 0 Å². The highest BCUT2D eigenvalue weighted by Gasteiger charge is 2.35. The van der Waals surface area contributed by atoms with Gasteiger partial charge in [0.15, 0.2) is 5.96 Å². The molecule has 1 atom stereocenters. The Bertz CT molecular complexity index is 626. The maximum absolute atomic E-state index is 13.9. The molecule has 2 fully saturated rings. The largest absolute Gasteiger partial charge is 0.381 e. The predicted molar refractivity (Wildman–Crippen MR) is 106 cm³/mol. The molecular weight excluding hydrogens is 345 g/mol. The zero-order valence-electron chi connectivity index (χ0n) is 16.5. The van der Waals surface area contributed by atoms with Crippen LogP contribution in [0.2, 0.25) is 0 Å². The van der Waals surface area contributed by atoms with Crippen molar-refractivity contribution in [3.8, 4) is 0 Å². The Kier molecular flexibility index (Phi) is 7.07. The lowest BCUT2D eigenvalue weighted by molar-refractivity contribution is 0.0529. The van der Waals surface area contributed by atoms with E-state index in [2.05, 4.69) is 24.2 Å². The van der Waals surface area contributed by atoms with E-state index in [9.17, 15) is 4.39 Å². The molecule has 1 aromatic rings. The molecule has 5 nitrogen and oxygen atoms in total. The number of aliphatic imine (C=N–C) groups is 1. The van der Waals surface area contributed by atoms with Crippen molar-refractivity contribution in [3.63, 3.8) is 0 Å². The average molecular weight is 378 g/mol. The van der Waals surface area contributed by atoms with Gasteiger partial charge in [0.2, 0.25) is 0 Å². The molecule has 0 radical (unpaired) electrons. The van der Waals surface area contributed by atoms with E-state index >= 15 is 0 Å². The van der Waals surface area contributed by atoms with Crippen LogP contribution in [-0.2, 0) is 14.9 Å². The fraction of sp³-hybridized carbons (Fsp3) is 0.667. The monoisotopic (exact) mass is 377 g/mol. The van der Waals surface area contributed by atoms with Crippen LogP contribution in [0.4, 0.5) is 4.39 Å². The van der Waals surface area contributed by atoms with Crippen molar-refractivity contribution in [3.05, 3.63) is 35.6 Å². The molecule has 0 aromatic heterocycles. The van der Waals surface area contributed by atoms with Crippen molar-refractivity contribution < 1.29 is 13.9 Å². The fourth-order valence-corrected chi connectivity index (χ4v) is 4.02. The van der Waals surface area contributed by atoms with Crippen molar-refractivity contribution in [2.75, 3.05) is 53.1 Å². The van der Waals surface area contributed by atoms with Crippen molar-refractivity contribution in [1.82, 2.24) is 10.2 Å². The van der Waals surface area contributed by atoms with Crippen molar-refractivity contribution in [2.45, 2.75) is 31.6 Å². The van der Waals surface area contributed by atoms with Crippen LogP contribution < -0.4 is 5.32 Å². The van der Waals surface area contributed by atoms with Gasteiger partial charge in [0.25, 0.3) is 0 Å². The number of guanidine groups is 1. The lowest BCUT2D eigenvalue weighted by Gasteiger charge is -2.37. The van der Waals surface area contributed by atoms with Gasteiger partial charge in [0.1, 0.15) is 5.82 Å². The number of nitrogens with one attached hydrogen (secondary N) is 1. The van der Waals surface area contributed by atoms with E-state index in [-0.39, 0.29) is 11.2 Å². The Hall–Kier alpha value is -1.66. The predicted octanol–water partition coefficient (Wildman–Crippen LogP) is 2.81. The third kappa shape index (κ3) is 5.20. The molecule has 2 saturated heterocycles. The van der Waals surface area contributed by atoms with Crippen molar-refractivity contribution in [2.24, 2.45) is 10.9 Å².